The first-order valence-corrected chi connectivity index (χ1v) is 6.50. The Morgan fingerprint density at radius 3 is 2.85 bits per heavy atom. The summed E-state index contributed by atoms with van der Waals surface area (Å²) in [5, 5.41) is 20.1. The number of nitro groups is 1. The van der Waals surface area contributed by atoms with E-state index in [0.29, 0.717) is 24.2 Å². The Bertz CT molecular complexity index is 592. The van der Waals surface area contributed by atoms with E-state index in [1.54, 1.807) is 4.90 Å². The number of carbonyl (C=O) groups excluding carboxylic acids is 1. The fourth-order valence-electron chi connectivity index (χ4n) is 2.62. The molecule has 0 radical (unpaired) electrons. The number of Topliss-reactive ketones (excluding diaryl/α,β-unsaturated/α-hetero) is 1. The fraction of sp³-hybridized carbons (Fsp3) is 0.429. The normalized spacial score (nSPS) is 18.4. The number of nitrogens with zero attached hydrogens (tertiary/aromatic N) is 3. The predicted octanol–water partition coefficient (Wildman–Crippen LogP) is 2.41. The van der Waals surface area contributed by atoms with Crippen LogP contribution in [0.15, 0.2) is 18.2 Å². The average molecular weight is 273 g/mol. The number of nitriles is 1. The molecule has 0 N–H and O–H groups in total. The highest BCUT2D eigenvalue weighted by atomic mass is 16.6. The van der Waals surface area contributed by atoms with E-state index >= 15 is 0 Å². The van der Waals surface area contributed by atoms with Gasteiger partial charge in [-0.25, -0.2) is 0 Å². The second-order valence-corrected chi connectivity index (χ2v) is 4.89. The molecule has 1 fully saturated rings. The van der Waals surface area contributed by atoms with Gasteiger partial charge in [-0.2, -0.15) is 5.26 Å². The van der Waals surface area contributed by atoms with Crippen molar-refractivity contribution in [1.29, 1.82) is 5.26 Å². The molecule has 0 bridgehead atoms. The molecule has 104 valence electrons. The minimum absolute atomic E-state index is 0.00126. The summed E-state index contributed by atoms with van der Waals surface area (Å²) in [5.41, 5.74) is 0.671. The van der Waals surface area contributed by atoms with Crippen LogP contribution in [-0.2, 0) is 4.79 Å². The second kappa shape index (κ2) is 5.70. The Morgan fingerprint density at radius 2 is 2.25 bits per heavy atom. The fourth-order valence-corrected chi connectivity index (χ4v) is 2.62. The first kappa shape index (κ1) is 14.0. The summed E-state index contributed by atoms with van der Waals surface area (Å²) in [6, 6.07) is 5.90. The third-order valence-electron chi connectivity index (χ3n) is 3.58. The maximum Gasteiger partial charge on any atom is 0.292 e. The molecule has 1 aliphatic heterocycles. The Balaban J connectivity index is 2.50. The topological polar surface area (TPSA) is 87.2 Å². The van der Waals surface area contributed by atoms with Gasteiger partial charge in [0.1, 0.15) is 5.69 Å². The van der Waals surface area contributed by atoms with Crippen LogP contribution < -0.4 is 4.90 Å². The molecule has 1 aromatic carbocycles. The van der Waals surface area contributed by atoms with E-state index in [-0.39, 0.29) is 17.5 Å². The van der Waals surface area contributed by atoms with Crippen molar-refractivity contribution in [1.82, 2.24) is 0 Å². The molecule has 6 heteroatoms. The number of anilines is 1. The van der Waals surface area contributed by atoms with E-state index in [2.05, 4.69) is 0 Å². The zero-order valence-electron chi connectivity index (χ0n) is 11.2. The van der Waals surface area contributed by atoms with Crippen molar-refractivity contribution in [2.24, 2.45) is 0 Å². The van der Waals surface area contributed by atoms with Gasteiger partial charge in [0.25, 0.3) is 5.69 Å². The molecule has 0 spiro atoms. The van der Waals surface area contributed by atoms with Gasteiger partial charge in [0.05, 0.1) is 22.6 Å². The van der Waals surface area contributed by atoms with Gasteiger partial charge in [0, 0.05) is 12.6 Å². The summed E-state index contributed by atoms with van der Waals surface area (Å²) in [7, 11) is 0. The van der Waals surface area contributed by atoms with E-state index in [1.807, 2.05) is 6.07 Å². The van der Waals surface area contributed by atoms with E-state index in [4.69, 9.17) is 5.26 Å². The Morgan fingerprint density at radius 1 is 1.50 bits per heavy atom. The van der Waals surface area contributed by atoms with Crippen LogP contribution in [0.5, 0.6) is 0 Å². The zero-order chi connectivity index (χ0) is 14.7. The van der Waals surface area contributed by atoms with E-state index < -0.39 is 4.92 Å². The van der Waals surface area contributed by atoms with Crippen LogP contribution in [0.4, 0.5) is 11.4 Å². The summed E-state index contributed by atoms with van der Waals surface area (Å²) in [6.07, 6.45) is 2.52. The Labute approximate surface area is 116 Å². The molecule has 1 unspecified atom stereocenters. The molecule has 6 nitrogen and oxygen atoms in total. The number of carbonyl (C=O) groups is 1. The smallest absolute Gasteiger partial charge is 0.292 e. The predicted molar refractivity (Wildman–Crippen MR) is 73.5 cm³/mol. The molecular weight excluding hydrogens is 258 g/mol. The van der Waals surface area contributed by atoms with Crippen molar-refractivity contribution in [3.63, 3.8) is 0 Å². The van der Waals surface area contributed by atoms with E-state index in [1.165, 1.54) is 25.1 Å². The number of benzene rings is 1. The number of piperidine rings is 1. The molecular formula is C14H15N3O3. The minimum atomic E-state index is -0.470. The zero-order valence-corrected chi connectivity index (χ0v) is 11.2. The van der Waals surface area contributed by atoms with E-state index in [0.717, 1.165) is 12.8 Å². The van der Waals surface area contributed by atoms with Gasteiger partial charge in [0.2, 0.25) is 0 Å². The molecule has 0 saturated carbocycles. The number of rotatable bonds is 3. The van der Waals surface area contributed by atoms with Gasteiger partial charge in [-0.15, -0.1) is 0 Å². The lowest BCUT2D eigenvalue weighted by atomic mass is 9.97. The molecule has 1 aliphatic rings. The summed E-state index contributed by atoms with van der Waals surface area (Å²) in [5.74, 6) is 0.00126. The quantitative estimate of drug-likeness (QED) is 0.623. The van der Waals surface area contributed by atoms with Crippen LogP contribution in [0.2, 0.25) is 0 Å². The van der Waals surface area contributed by atoms with Crippen molar-refractivity contribution in [3.8, 4) is 6.07 Å². The highest BCUT2D eigenvalue weighted by Crippen LogP contribution is 2.33. The first-order chi connectivity index (χ1) is 9.54. The minimum Gasteiger partial charge on any atom is -0.356 e. The summed E-state index contributed by atoms with van der Waals surface area (Å²) in [4.78, 5) is 24.2. The third kappa shape index (κ3) is 2.62. The summed E-state index contributed by atoms with van der Waals surface area (Å²) < 4.78 is 0. The number of hydrogen-bond donors (Lipinski definition) is 0. The van der Waals surface area contributed by atoms with Gasteiger partial charge >= 0.3 is 0 Å². The van der Waals surface area contributed by atoms with Gasteiger partial charge in [-0.3, -0.25) is 14.9 Å². The average Bonchev–Trinajstić information content (AvgIpc) is 2.46. The van der Waals surface area contributed by atoms with Crippen molar-refractivity contribution < 1.29 is 9.72 Å². The largest absolute Gasteiger partial charge is 0.356 e. The molecule has 1 atom stereocenters. The van der Waals surface area contributed by atoms with Crippen molar-refractivity contribution in [2.45, 2.75) is 32.2 Å². The summed E-state index contributed by atoms with van der Waals surface area (Å²) in [6.45, 7) is 2.10. The molecule has 1 heterocycles. The van der Waals surface area contributed by atoms with E-state index in [9.17, 15) is 14.9 Å². The maximum atomic E-state index is 11.7. The van der Waals surface area contributed by atoms with Gasteiger partial charge in [0.15, 0.2) is 5.78 Å². The standard InChI is InChI=1S/C14H15N3O3/c1-10(18)12-4-2-3-7-16(12)14-8-11(9-15)5-6-13(14)17(19)20/h5-6,8,12H,2-4,7H2,1H3. The highest BCUT2D eigenvalue weighted by molar-refractivity contribution is 5.86. The van der Waals surface area contributed by atoms with Crippen LogP contribution >= 0.6 is 0 Å². The molecule has 0 aliphatic carbocycles. The number of hydrogen-bond acceptors (Lipinski definition) is 5. The lowest BCUT2D eigenvalue weighted by Gasteiger charge is -2.35. The van der Waals surface area contributed by atoms with Crippen LogP contribution in [-0.4, -0.2) is 23.3 Å². The molecule has 0 aromatic heterocycles. The summed E-state index contributed by atoms with van der Waals surface area (Å²) >= 11 is 0. The van der Waals surface area contributed by atoms with Crippen LogP contribution in [0.1, 0.15) is 31.7 Å². The monoisotopic (exact) mass is 273 g/mol. The maximum absolute atomic E-state index is 11.7. The van der Waals surface area contributed by atoms with Crippen molar-refractivity contribution in [3.05, 3.63) is 33.9 Å². The van der Waals surface area contributed by atoms with Crippen molar-refractivity contribution in [2.75, 3.05) is 11.4 Å². The second-order valence-electron chi connectivity index (χ2n) is 4.89. The lowest BCUT2D eigenvalue weighted by molar-refractivity contribution is -0.384. The SMILES string of the molecule is CC(=O)C1CCCCN1c1cc(C#N)ccc1[N+](=O)[O-]. The van der Waals surface area contributed by atoms with Crippen LogP contribution in [0, 0.1) is 21.4 Å². The first-order valence-electron chi connectivity index (χ1n) is 6.50. The lowest BCUT2D eigenvalue weighted by Crippen LogP contribution is -2.44. The van der Waals surface area contributed by atoms with Crippen LogP contribution in [0.25, 0.3) is 0 Å². The molecule has 2 rings (SSSR count). The molecule has 0 amide bonds. The molecule has 1 saturated heterocycles. The molecule has 1 aromatic rings. The Hall–Kier alpha value is -2.42. The van der Waals surface area contributed by atoms with Gasteiger partial charge in [-0.05, 0) is 38.3 Å². The number of nitro benzene ring substituents is 1. The van der Waals surface area contributed by atoms with Gasteiger partial charge < -0.3 is 4.90 Å². The van der Waals surface area contributed by atoms with Gasteiger partial charge in [-0.1, -0.05) is 0 Å². The third-order valence-corrected chi connectivity index (χ3v) is 3.58. The molecule has 20 heavy (non-hydrogen) atoms. The highest BCUT2D eigenvalue weighted by Gasteiger charge is 2.30. The van der Waals surface area contributed by atoms with Crippen LogP contribution in [0.3, 0.4) is 0 Å². The van der Waals surface area contributed by atoms with Crippen molar-refractivity contribution >= 4 is 17.2 Å². The number of ketones is 1. The Kier molecular flexibility index (Phi) is 3.99.